The van der Waals surface area contributed by atoms with Crippen molar-refractivity contribution in [2.24, 2.45) is 0 Å². The third kappa shape index (κ3) is 4.91. The fourth-order valence-corrected chi connectivity index (χ4v) is 4.05. The summed E-state index contributed by atoms with van der Waals surface area (Å²) in [4.78, 5) is 26.0. The highest BCUT2D eigenvalue weighted by Crippen LogP contribution is 2.52. The Bertz CT molecular complexity index is 1350. The first-order chi connectivity index (χ1) is 17.1. The number of amides is 1. The largest absolute Gasteiger partial charge is 0.496 e. The van der Waals surface area contributed by atoms with Crippen molar-refractivity contribution in [3.8, 4) is 5.75 Å². The lowest BCUT2D eigenvalue weighted by Crippen LogP contribution is -2.28. The number of carbonyl (C=O) groups is 1. The third-order valence-corrected chi connectivity index (χ3v) is 6.06. The number of rotatable bonds is 8. The fraction of sp³-hybridized carbons (Fsp3) is 0.185. The first-order valence-corrected chi connectivity index (χ1v) is 11.4. The van der Waals surface area contributed by atoms with Crippen LogP contribution in [0.25, 0.3) is 0 Å². The quantitative estimate of drug-likeness (QED) is 0.322. The summed E-state index contributed by atoms with van der Waals surface area (Å²) < 4.78 is 5.48. The van der Waals surface area contributed by atoms with Crippen LogP contribution in [0.1, 0.15) is 24.0 Å². The number of anilines is 5. The van der Waals surface area contributed by atoms with Gasteiger partial charge in [0.25, 0.3) is 0 Å². The number of nitrogens with one attached hydrogen (secondary N) is 3. The van der Waals surface area contributed by atoms with E-state index in [2.05, 4.69) is 30.9 Å². The highest BCUT2D eigenvalue weighted by Gasteiger charge is 2.52. The van der Waals surface area contributed by atoms with E-state index in [4.69, 9.17) is 4.74 Å². The average Bonchev–Trinajstić information content (AvgIpc) is 3.68. The number of benzene rings is 2. The maximum atomic E-state index is 13.1. The molecular formula is C27H26N6O2. The van der Waals surface area contributed by atoms with E-state index >= 15 is 0 Å². The first-order valence-electron chi connectivity index (χ1n) is 11.4. The number of methoxy groups -OCH3 is 1. The maximum absolute atomic E-state index is 13.1. The second-order valence-corrected chi connectivity index (χ2v) is 8.57. The van der Waals surface area contributed by atoms with E-state index in [-0.39, 0.29) is 5.91 Å². The molecule has 2 aromatic heterocycles. The minimum Gasteiger partial charge on any atom is -0.496 e. The zero-order valence-corrected chi connectivity index (χ0v) is 19.6. The Morgan fingerprint density at radius 2 is 1.54 bits per heavy atom. The molecule has 2 heterocycles. The van der Waals surface area contributed by atoms with E-state index in [0.717, 1.165) is 46.9 Å². The topological polar surface area (TPSA) is 101 Å². The van der Waals surface area contributed by atoms with Crippen molar-refractivity contribution in [2.45, 2.75) is 25.2 Å². The Morgan fingerprint density at radius 1 is 0.857 bits per heavy atom. The van der Waals surface area contributed by atoms with Crippen molar-refractivity contribution in [2.75, 3.05) is 23.1 Å². The Balaban J connectivity index is 1.24. The summed E-state index contributed by atoms with van der Waals surface area (Å²) >= 11 is 0. The van der Waals surface area contributed by atoms with Crippen LogP contribution in [0.3, 0.4) is 0 Å². The molecule has 0 radical (unpaired) electrons. The van der Waals surface area contributed by atoms with Gasteiger partial charge in [-0.3, -0.25) is 4.79 Å². The van der Waals surface area contributed by atoms with Crippen LogP contribution in [0, 0.1) is 6.92 Å². The monoisotopic (exact) mass is 466 g/mol. The molecule has 0 spiro atoms. The molecule has 1 amide bonds. The molecule has 1 fully saturated rings. The number of nitrogens with zero attached hydrogens (tertiary/aromatic N) is 3. The van der Waals surface area contributed by atoms with E-state index in [1.165, 1.54) is 6.33 Å². The molecule has 2 aromatic carbocycles. The van der Waals surface area contributed by atoms with Gasteiger partial charge in [-0.2, -0.15) is 0 Å². The lowest BCUT2D eigenvalue weighted by Gasteiger charge is -2.18. The number of hydrogen-bond donors (Lipinski definition) is 3. The number of para-hydroxylation sites is 1. The van der Waals surface area contributed by atoms with Crippen molar-refractivity contribution >= 4 is 34.7 Å². The van der Waals surface area contributed by atoms with Crippen LogP contribution in [0.15, 0.2) is 79.3 Å². The molecule has 1 saturated carbocycles. The summed E-state index contributed by atoms with van der Waals surface area (Å²) in [5.74, 6) is 2.72. The molecule has 8 heteroatoms. The molecule has 35 heavy (non-hydrogen) atoms. The zero-order valence-electron chi connectivity index (χ0n) is 19.6. The van der Waals surface area contributed by atoms with Crippen molar-refractivity contribution in [3.05, 3.63) is 90.4 Å². The lowest BCUT2D eigenvalue weighted by molar-refractivity contribution is -0.118. The van der Waals surface area contributed by atoms with E-state index in [9.17, 15) is 4.79 Å². The number of hydrogen-bond acceptors (Lipinski definition) is 7. The van der Waals surface area contributed by atoms with Gasteiger partial charge in [-0.25, -0.2) is 15.0 Å². The van der Waals surface area contributed by atoms with Gasteiger partial charge in [0.05, 0.1) is 12.5 Å². The van der Waals surface area contributed by atoms with E-state index < -0.39 is 5.41 Å². The molecule has 3 N–H and O–H groups in total. The van der Waals surface area contributed by atoms with Gasteiger partial charge in [0.2, 0.25) is 5.91 Å². The number of carbonyl (C=O) groups excluding carboxylic acids is 1. The van der Waals surface area contributed by atoms with Gasteiger partial charge in [-0.15, -0.1) is 0 Å². The van der Waals surface area contributed by atoms with Gasteiger partial charge in [0.15, 0.2) is 0 Å². The van der Waals surface area contributed by atoms with Crippen LogP contribution in [0.4, 0.5) is 28.8 Å². The Hall–Kier alpha value is -4.46. The van der Waals surface area contributed by atoms with Crippen molar-refractivity contribution < 1.29 is 9.53 Å². The summed E-state index contributed by atoms with van der Waals surface area (Å²) in [6, 6.07) is 21.0. The molecule has 0 saturated heterocycles. The molecule has 0 atom stereocenters. The van der Waals surface area contributed by atoms with Crippen LogP contribution in [-0.2, 0) is 10.2 Å². The minimum absolute atomic E-state index is 0.0148. The molecule has 176 valence electrons. The summed E-state index contributed by atoms with van der Waals surface area (Å²) in [6.07, 6.45) is 4.85. The molecule has 0 unspecified atom stereocenters. The second kappa shape index (κ2) is 9.42. The first kappa shape index (κ1) is 22.3. The van der Waals surface area contributed by atoms with Gasteiger partial charge < -0.3 is 20.7 Å². The normalized spacial score (nSPS) is 13.5. The Labute approximate surface area is 203 Å². The Kier molecular flexibility index (Phi) is 6.01. The standard InChI is InChI=1S/C27H26N6O2/c1-18-11-14-28-23(15-18)33-25-16-24(29-17-30-25)31-19-7-9-20(10-8-19)32-26(34)27(12-13-27)21-5-3-4-6-22(21)35-2/h3-11,14-17H,12-13H2,1-2H3,(H,32,34)(H2,28,29,30,31,33). The number of ether oxygens (including phenoxy) is 1. The summed E-state index contributed by atoms with van der Waals surface area (Å²) in [6.45, 7) is 2.01. The average molecular weight is 467 g/mol. The third-order valence-electron chi connectivity index (χ3n) is 6.06. The van der Waals surface area contributed by atoms with Gasteiger partial charge in [-0.05, 0) is 67.8 Å². The zero-order chi connectivity index (χ0) is 24.3. The number of pyridine rings is 1. The van der Waals surface area contributed by atoms with Crippen molar-refractivity contribution in [1.29, 1.82) is 0 Å². The molecule has 1 aliphatic carbocycles. The second-order valence-electron chi connectivity index (χ2n) is 8.57. The summed E-state index contributed by atoms with van der Waals surface area (Å²) in [5, 5.41) is 9.51. The van der Waals surface area contributed by atoms with Crippen molar-refractivity contribution in [1.82, 2.24) is 15.0 Å². The lowest BCUT2D eigenvalue weighted by atomic mass is 9.94. The smallest absolute Gasteiger partial charge is 0.235 e. The molecule has 0 aliphatic heterocycles. The SMILES string of the molecule is COc1ccccc1C1(C(=O)Nc2ccc(Nc3cc(Nc4cc(C)ccn4)ncn3)cc2)CC1. The highest BCUT2D eigenvalue weighted by molar-refractivity contribution is 6.02. The Morgan fingerprint density at radius 3 is 2.26 bits per heavy atom. The maximum Gasteiger partial charge on any atom is 0.235 e. The van der Waals surface area contributed by atoms with Gasteiger partial charge in [-0.1, -0.05) is 18.2 Å². The molecule has 0 bridgehead atoms. The van der Waals surface area contributed by atoms with Crippen LogP contribution in [0.5, 0.6) is 5.75 Å². The molecular weight excluding hydrogens is 440 g/mol. The van der Waals surface area contributed by atoms with Crippen molar-refractivity contribution in [3.63, 3.8) is 0 Å². The van der Waals surface area contributed by atoms with Crippen LogP contribution in [-0.4, -0.2) is 28.0 Å². The van der Waals surface area contributed by atoms with E-state index in [1.807, 2.05) is 73.7 Å². The van der Waals surface area contributed by atoms with Gasteiger partial charge in [0, 0.05) is 29.2 Å². The van der Waals surface area contributed by atoms with Crippen LogP contribution >= 0.6 is 0 Å². The predicted octanol–water partition coefficient (Wildman–Crippen LogP) is 5.35. The summed E-state index contributed by atoms with van der Waals surface area (Å²) in [7, 11) is 1.63. The van der Waals surface area contributed by atoms with Gasteiger partial charge >= 0.3 is 0 Å². The minimum atomic E-state index is -0.528. The molecule has 8 nitrogen and oxygen atoms in total. The molecule has 1 aliphatic rings. The van der Waals surface area contributed by atoms with E-state index in [0.29, 0.717) is 11.6 Å². The van der Waals surface area contributed by atoms with E-state index in [1.54, 1.807) is 13.3 Å². The van der Waals surface area contributed by atoms with Crippen LogP contribution < -0.4 is 20.7 Å². The summed E-state index contributed by atoms with van der Waals surface area (Å²) in [5.41, 5.74) is 3.09. The van der Waals surface area contributed by atoms with Crippen LogP contribution in [0.2, 0.25) is 0 Å². The molecule has 5 rings (SSSR count). The van der Waals surface area contributed by atoms with Gasteiger partial charge in [0.1, 0.15) is 29.5 Å². The predicted molar refractivity (Wildman–Crippen MR) is 137 cm³/mol. The molecule has 4 aromatic rings. The highest BCUT2D eigenvalue weighted by atomic mass is 16.5. The number of aromatic nitrogens is 3. The fourth-order valence-electron chi connectivity index (χ4n) is 4.05. The number of aryl methyl sites for hydroxylation is 1.